The fourth-order valence-corrected chi connectivity index (χ4v) is 3.08. The first-order chi connectivity index (χ1) is 10.2. The van der Waals surface area contributed by atoms with Crippen LogP contribution in [0.3, 0.4) is 0 Å². The Bertz CT molecular complexity index is 577. The zero-order valence-electron chi connectivity index (χ0n) is 12.9. The predicted octanol–water partition coefficient (Wildman–Crippen LogP) is 4.11. The molecule has 1 heterocycles. The van der Waals surface area contributed by atoms with Crippen LogP contribution in [-0.4, -0.2) is 24.0 Å². The average Bonchev–Trinajstić information content (AvgIpc) is 2.91. The van der Waals surface area contributed by atoms with E-state index in [2.05, 4.69) is 78.7 Å². The van der Waals surface area contributed by atoms with E-state index in [4.69, 9.17) is 0 Å². The third-order valence-electron chi connectivity index (χ3n) is 4.35. The van der Waals surface area contributed by atoms with Crippen LogP contribution < -0.4 is 5.32 Å². The summed E-state index contributed by atoms with van der Waals surface area (Å²) in [4.78, 5) is 2.57. The van der Waals surface area contributed by atoms with Gasteiger partial charge in [0, 0.05) is 37.3 Å². The molecule has 21 heavy (non-hydrogen) atoms. The van der Waals surface area contributed by atoms with Gasteiger partial charge >= 0.3 is 0 Å². The number of benzene rings is 2. The highest BCUT2D eigenvalue weighted by Crippen LogP contribution is 2.32. The summed E-state index contributed by atoms with van der Waals surface area (Å²) in [5, 5.41) is 3.53. The van der Waals surface area contributed by atoms with Gasteiger partial charge in [-0.2, -0.15) is 0 Å². The van der Waals surface area contributed by atoms with Crippen LogP contribution in [0.1, 0.15) is 30.9 Å². The molecule has 1 N–H and O–H groups in total. The molecular formula is C19H24N2. The van der Waals surface area contributed by atoms with Crippen LogP contribution in [0.25, 0.3) is 0 Å². The Kier molecular flexibility index (Phi) is 4.26. The minimum atomic E-state index is 0.554. The van der Waals surface area contributed by atoms with Crippen molar-refractivity contribution in [3.05, 3.63) is 65.7 Å². The van der Waals surface area contributed by atoms with Crippen molar-refractivity contribution in [1.29, 1.82) is 0 Å². The largest absolute Gasteiger partial charge is 0.384 e. The van der Waals surface area contributed by atoms with Crippen molar-refractivity contribution in [3.63, 3.8) is 0 Å². The van der Waals surface area contributed by atoms with Crippen LogP contribution in [0.4, 0.5) is 5.69 Å². The smallest absolute Gasteiger partial charge is 0.0376 e. The van der Waals surface area contributed by atoms with Gasteiger partial charge < -0.3 is 5.32 Å². The maximum atomic E-state index is 3.53. The number of hydrogen-bond donors (Lipinski definition) is 1. The van der Waals surface area contributed by atoms with Gasteiger partial charge in [0.1, 0.15) is 0 Å². The molecule has 0 saturated carbocycles. The molecule has 0 aromatic heterocycles. The van der Waals surface area contributed by atoms with Gasteiger partial charge in [0.25, 0.3) is 0 Å². The molecule has 2 nitrogen and oxygen atoms in total. The number of hydrogen-bond acceptors (Lipinski definition) is 2. The van der Waals surface area contributed by atoms with Crippen molar-refractivity contribution in [2.75, 3.05) is 18.4 Å². The third kappa shape index (κ3) is 3.27. The fraction of sp³-hybridized carbons (Fsp3) is 0.368. The third-order valence-corrected chi connectivity index (χ3v) is 4.35. The van der Waals surface area contributed by atoms with Gasteiger partial charge in [0.05, 0.1) is 0 Å². The lowest BCUT2D eigenvalue weighted by molar-refractivity contribution is 0.202. The molecule has 2 heteroatoms. The number of anilines is 1. The average molecular weight is 280 g/mol. The molecule has 0 spiro atoms. The summed E-state index contributed by atoms with van der Waals surface area (Å²) in [5.41, 5.74) is 4.17. The van der Waals surface area contributed by atoms with Crippen LogP contribution in [-0.2, 0) is 6.54 Å². The predicted molar refractivity (Wildman–Crippen MR) is 89.7 cm³/mol. The molecule has 1 aliphatic rings. The molecule has 0 aliphatic carbocycles. The standard InChI is InChI=1S/C19H24N2/c1-15(2)21(13-16-8-4-3-5-9-16)14-17-12-20-19-11-7-6-10-18(17)19/h3-11,15,17,20H,12-14H2,1-2H3. The normalized spacial score (nSPS) is 17.0. The highest BCUT2D eigenvalue weighted by atomic mass is 15.2. The highest BCUT2D eigenvalue weighted by molar-refractivity contribution is 5.57. The zero-order valence-corrected chi connectivity index (χ0v) is 12.9. The first-order valence-electron chi connectivity index (χ1n) is 7.85. The van der Waals surface area contributed by atoms with Gasteiger partial charge in [-0.15, -0.1) is 0 Å². The topological polar surface area (TPSA) is 15.3 Å². The van der Waals surface area contributed by atoms with Gasteiger partial charge in [-0.25, -0.2) is 0 Å². The number of nitrogens with zero attached hydrogens (tertiary/aromatic N) is 1. The summed E-state index contributed by atoms with van der Waals surface area (Å²) in [6, 6.07) is 20.0. The van der Waals surface area contributed by atoms with E-state index in [1.165, 1.54) is 16.8 Å². The van der Waals surface area contributed by atoms with Crippen LogP contribution >= 0.6 is 0 Å². The lowest BCUT2D eigenvalue weighted by Crippen LogP contribution is -2.34. The first kappa shape index (κ1) is 14.2. The van der Waals surface area contributed by atoms with E-state index in [1.807, 2.05) is 0 Å². The van der Waals surface area contributed by atoms with Crippen molar-refractivity contribution in [2.24, 2.45) is 0 Å². The van der Waals surface area contributed by atoms with E-state index >= 15 is 0 Å². The molecule has 1 aliphatic heterocycles. The maximum Gasteiger partial charge on any atom is 0.0376 e. The molecule has 0 amide bonds. The lowest BCUT2D eigenvalue weighted by Gasteiger charge is -2.29. The fourth-order valence-electron chi connectivity index (χ4n) is 3.08. The molecule has 0 saturated heterocycles. The molecule has 3 rings (SSSR count). The van der Waals surface area contributed by atoms with Gasteiger partial charge in [-0.3, -0.25) is 4.90 Å². The van der Waals surface area contributed by atoms with E-state index in [9.17, 15) is 0 Å². The Hall–Kier alpha value is -1.80. The van der Waals surface area contributed by atoms with Crippen LogP contribution in [0.15, 0.2) is 54.6 Å². The molecule has 1 unspecified atom stereocenters. The van der Waals surface area contributed by atoms with E-state index in [1.54, 1.807) is 0 Å². The molecule has 110 valence electrons. The second kappa shape index (κ2) is 6.31. The minimum Gasteiger partial charge on any atom is -0.384 e. The van der Waals surface area contributed by atoms with E-state index in [0.717, 1.165) is 19.6 Å². The molecule has 0 radical (unpaired) electrons. The van der Waals surface area contributed by atoms with Crippen molar-refractivity contribution in [2.45, 2.75) is 32.4 Å². The molecular weight excluding hydrogens is 256 g/mol. The minimum absolute atomic E-state index is 0.554. The SMILES string of the molecule is CC(C)N(Cc1ccccc1)CC1CNc2ccccc21. The quantitative estimate of drug-likeness (QED) is 0.887. The monoisotopic (exact) mass is 280 g/mol. The molecule has 0 fully saturated rings. The van der Waals surface area contributed by atoms with Crippen molar-refractivity contribution in [1.82, 2.24) is 4.90 Å². The number of fused-ring (bicyclic) bond motifs is 1. The molecule has 1 atom stereocenters. The summed E-state index contributed by atoms with van der Waals surface area (Å²) >= 11 is 0. The van der Waals surface area contributed by atoms with Crippen molar-refractivity contribution < 1.29 is 0 Å². The summed E-state index contributed by atoms with van der Waals surface area (Å²) < 4.78 is 0. The molecule has 0 bridgehead atoms. The maximum absolute atomic E-state index is 3.53. The Labute approximate surface area is 127 Å². The number of para-hydroxylation sites is 1. The summed E-state index contributed by atoms with van der Waals surface area (Å²) in [6.45, 7) is 7.76. The Morgan fingerprint density at radius 3 is 2.52 bits per heavy atom. The van der Waals surface area contributed by atoms with Gasteiger partial charge in [0.2, 0.25) is 0 Å². The second-order valence-electron chi connectivity index (χ2n) is 6.17. The Morgan fingerprint density at radius 1 is 1.05 bits per heavy atom. The number of nitrogens with one attached hydrogen (secondary N) is 1. The van der Waals surface area contributed by atoms with Gasteiger partial charge in [-0.1, -0.05) is 48.5 Å². The first-order valence-corrected chi connectivity index (χ1v) is 7.85. The van der Waals surface area contributed by atoms with E-state index in [-0.39, 0.29) is 0 Å². The highest BCUT2D eigenvalue weighted by Gasteiger charge is 2.24. The zero-order chi connectivity index (χ0) is 14.7. The summed E-state index contributed by atoms with van der Waals surface area (Å²) in [7, 11) is 0. The van der Waals surface area contributed by atoms with Crippen LogP contribution in [0.2, 0.25) is 0 Å². The number of rotatable bonds is 5. The second-order valence-corrected chi connectivity index (χ2v) is 6.17. The van der Waals surface area contributed by atoms with Gasteiger partial charge in [-0.05, 0) is 31.0 Å². The van der Waals surface area contributed by atoms with E-state index in [0.29, 0.717) is 12.0 Å². The lowest BCUT2D eigenvalue weighted by atomic mass is 10.00. The molecule has 2 aromatic carbocycles. The van der Waals surface area contributed by atoms with Gasteiger partial charge in [0.15, 0.2) is 0 Å². The molecule has 2 aromatic rings. The summed E-state index contributed by atoms with van der Waals surface area (Å²) in [5.74, 6) is 0.590. The Morgan fingerprint density at radius 2 is 1.76 bits per heavy atom. The Balaban J connectivity index is 1.72. The van der Waals surface area contributed by atoms with Crippen LogP contribution in [0.5, 0.6) is 0 Å². The van der Waals surface area contributed by atoms with Crippen LogP contribution in [0, 0.1) is 0 Å². The van der Waals surface area contributed by atoms with Crippen molar-refractivity contribution in [3.8, 4) is 0 Å². The summed E-state index contributed by atoms with van der Waals surface area (Å²) in [6.07, 6.45) is 0. The van der Waals surface area contributed by atoms with Crippen molar-refractivity contribution >= 4 is 5.69 Å². The van der Waals surface area contributed by atoms with E-state index < -0.39 is 0 Å².